The first-order chi connectivity index (χ1) is 12.6. The minimum atomic E-state index is -0.510. The Balaban J connectivity index is 1.84. The number of halogens is 1. The molecule has 0 saturated heterocycles. The second-order valence-corrected chi connectivity index (χ2v) is 5.84. The predicted octanol–water partition coefficient (Wildman–Crippen LogP) is 4.22. The van der Waals surface area contributed by atoms with Crippen molar-refractivity contribution in [1.29, 1.82) is 0 Å². The number of esters is 1. The first-order valence-electron chi connectivity index (χ1n) is 7.79. The first kappa shape index (κ1) is 17.8. The molecule has 5 nitrogen and oxygen atoms in total. The smallest absolute Gasteiger partial charge is 0.344 e. The lowest BCUT2D eigenvalue weighted by Crippen LogP contribution is -2.14. The van der Waals surface area contributed by atoms with Gasteiger partial charge in [0.15, 0.2) is 12.0 Å². The van der Waals surface area contributed by atoms with E-state index in [9.17, 15) is 9.59 Å². The lowest BCUT2D eigenvalue weighted by Gasteiger charge is -2.07. The van der Waals surface area contributed by atoms with E-state index in [0.717, 1.165) is 5.56 Å². The highest BCUT2D eigenvalue weighted by molar-refractivity contribution is 6.30. The van der Waals surface area contributed by atoms with E-state index in [1.54, 1.807) is 42.5 Å². The van der Waals surface area contributed by atoms with Gasteiger partial charge in [0.25, 0.3) is 0 Å². The standard InChI is InChI=1S/C20H15ClO5/c1-2-9-24-19(22)12-25-15-7-8-16-18(10-15)26-11-17(20(16)23)13-3-5-14(21)6-4-13/h2-8,10-11H,1,9,12H2. The molecule has 1 aromatic heterocycles. The van der Waals surface area contributed by atoms with Crippen LogP contribution in [0.25, 0.3) is 22.1 Å². The Labute approximate surface area is 154 Å². The quantitative estimate of drug-likeness (QED) is 0.480. The molecule has 0 spiro atoms. The topological polar surface area (TPSA) is 65.7 Å². The van der Waals surface area contributed by atoms with Gasteiger partial charge in [0.2, 0.25) is 0 Å². The van der Waals surface area contributed by atoms with E-state index in [2.05, 4.69) is 6.58 Å². The van der Waals surface area contributed by atoms with E-state index < -0.39 is 5.97 Å². The maximum atomic E-state index is 12.7. The van der Waals surface area contributed by atoms with Crippen LogP contribution in [0.2, 0.25) is 5.02 Å². The van der Waals surface area contributed by atoms with Gasteiger partial charge in [-0.3, -0.25) is 4.79 Å². The van der Waals surface area contributed by atoms with Crippen molar-refractivity contribution in [3.63, 3.8) is 0 Å². The zero-order valence-corrected chi connectivity index (χ0v) is 14.5. The highest BCUT2D eigenvalue weighted by Gasteiger charge is 2.11. The lowest BCUT2D eigenvalue weighted by atomic mass is 10.1. The van der Waals surface area contributed by atoms with Crippen LogP contribution in [0.3, 0.4) is 0 Å². The van der Waals surface area contributed by atoms with Crippen molar-refractivity contribution in [3.05, 3.63) is 76.6 Å². The molecular formula is C20H15ClO5. The van der Waals surface area contributed by atoms with Crippen LogP contribution in [0.15, 0.2) is 70.6 Å². The summed E-state index contributed by atoms with van der Waals surface area (Å²) < 4.78 is 15.8. The van der Waals surface area contributed by atoms with Gasteiger partial charge < -0.3 is 13.9 Å². The van der Waals surface area contributed by atoms with E-state index in [4.69, 9.17) is 25.5 Å². The van der Waals surface area contributed by atoms with Crippen molar-refractivity contribution >= 4 is 28.5 Å². The largest absolute Gasteiger partial charge is 0.482 e. The monoisotopic (exact) mass is 370 g/mol. The molecule has 6 heteroatoms. The van der Waals surface area contributed by atoms with Crippen LogP contribution in [-0.2, 0) is 9.53 Å². The van der Waals surface area contributed by atoms with Crippen molar-refractivity contribution in [1.82, 2.24) is 0 Å². The number of rotatable bonds is 6. The normalized spacial score (nSPS) is 10.5. The van der Waals surface area contributed by atoms with Crippen molar-refractivity contribution < 1.29 is 18.7 Å². The summed E-state index contributed by atoms with van der Waals surface area (Å²) in [7, 11) is 0. The summed E-state index contributed by atoms with van der Waals surface area (Å²) in [6.07, 6.45) is 2.87. The van der Waals surface area contributed by atoms with E-state index in [1.807, 2.05) is 0 Å². The maximum absolute atomic E-state index is 12.7. The second-order valence-electron chi connectivity index (χ2n) is 5.40. The summed E-state index contributed by atoms with van der Waals surface area (Å²) in [6, 6.07) is 11.7. The van der Waals surface area contributed by atoms with E-state index in [0.29, 0.717) is 27.3 Å². The molecule has 0 atom stereocenters. The molecule has 0 aliphatic carbocycles. The Kier molecular flexibility index (Phi) is 5.39. The number of carbonyl (C=O) groups excluding carboxylic acids is 1. The summed E-state index contributed by atoms with van der Waals surface area (Å²) in [5.74, 6) is -0.111. The molecule has 0 radical (unpaired) electrons. The van der Waals surface area contributed by atoms with Crippen molar-refractivity contribution in [3.8, 4) is 16.9 Å². The van der Waals surface area contributed by atoms with Gasteiger partial charge in [-0.15, -0.1) is 0 Å². The number of hydrogen-bond acceptors (Lipinski definition) is 5. The molecule has 0 fully saturated rings. The van der Waals surface area contributed by atoms with E-state index >= 15 is 0 Å². The fourth-order valence-electron chi connectivity index (χ4n) is 2.36. The Morgan fingerprint density at radius 1 is 1.19 bits per heavy atom. The van der Waals surface area contributed by atoms with Crippen LogP contribution >= 0.6 is 11.6 Å². The van der Waals surface area contributed by atoms with Crippen molar-refractivity contribution in [2.75, 3.05) is 13.2 Å². The fraction of sp³-hybridized carbons (Fsp3) is 0.100. The molecule has 2 aromatic carbocycles. The Morgan fingerprint density at radius 3 is 2.69 bits per heavy atom. The van der Waals surface area contributed by atoms with Crippen LogP contribution in [0.1, 0.15) is 0 Å². The number of carbonyl (C=O) groups is 1. The van der Waals surface area contributed by atoms with Crippen LogP contribution in [0.4, 0.5) is 0 Å². The molecule has 0 saturated carbocycles. The summed E-state index contributed by atoms with van der Waals surface area (Å²) in [4.78, 5) is 24.1. The SMILES string of the molecule is C=CCOC(=O)COc1ccc2c(=O)c(-c3ccc(Cl)cc3)coc2c1. The minimum absolute atomic E-state index is 0.127. The Hall–Kier alpha value is -3.05. The Morgan fingerprint density at radius 2 is 1.96 bits per heavy atom. The third-order valence-corrected chi connectivity index (χ3v) is 3.87. The molecule has 0 unspecified atom stereocenters. The van der Waals surface area contributed by atoms with Crippen LogP contribution in [0, 0.1) is 0 Å². The second kappa shape index (κ2) is 7.89. The lowest BCUT2D eigenvalue weighted by molar-refractivity contribution is -0.144. The highest BCUT2D eigenvalue weighted by Crippen LogP contribution is 2.24. The summed E-state index contributed by atoms with van der Waals surface area (Å²) in [5.41, 5.74) is 1.36. The Bertz CT molecular complexity index is 1000. The first-order valence-corrected chi connectivity index (χ1v) is 8.17. The molecule has 3 aromatic rings. The molecule has 1 heterocycles. The van der Waals surface area contributed by atoms with E-state index in [1.165, 1.54) is 12.3 Å². The maximum Gasteiger partial charge on any atom is 0.344 e. The van der Waals surface area contributed by atoms with Crippen molar-refractivity contribution in [2.45, 2.75) is 0 Å². The molecule has 0 amide bonds. The van der Waals surface area contributed by atoms with Crippen LogP contribution in [0.5, 0.6) is 5.75 Å². The number of hydrogen-bond donors (Lipinski definition) is 0. The van der Waals surface area contributed by atoms with Gasteiger partial charge in [-0.25, -0.2) is 4.79 Å². The molecule has 0 bridgehead atoms. The average molecular weight is 371 g/mol. The third-order valence-electron chi connectivity index (χ3n) is 3.62. The van der Waals surface area contributed by atoms with Gasteiger partial charge in [0.05, 0.1) is 10.9 Å². The molecule has 0 aliphatic rings. The molecular weight excluding hydrogens is 356 g/mol. The molecule has 26 heavy (non-hydrogen) atoms. The van der Waals surface area contributed by atoms with Gasteiger partial charge in [-0.05, 0) is 29.8 Å². The third kappa shape index (κ3) is 3.95. The number of fused-ring (bicyclic) bond motifs is 1. The highest BCUT2D eigenvalue weighted by atomic mass is 35.5. The summed E-state index contributed by atoms with van der Waals surface area (Å²) in [6.45, 7) is 3.34. The van der Waals surface area contributed by atoms with Crippen molar-refractivity contribution in [2.24, 2.45) is 0 Å². The predicted molar refractivity (Wildman–Crippen MR) is 99.6 cm³/mol. The van der Waals surface area contributed by atoms with Crippen LogP contribution < -0.4 is 10.2 Å². The van der Waals surface area contributed by atoms with Gasteiger partial charge in [0.1, 0.15) is 24.2 Å². The summed E-state index contributed by atoms with van der Waals surface area (Å²) >= 11 is 5.88. The number of ether oxygens (including phenoxy) is 2. The minimum Gasteiger partial charge on any atom is -0.482 e. The number of benzene rings is 2. The molecule has 132 valence electrons. The fourth-order valence-corrected chi connectivity index (χ4v) is 2.49. The average Bonchev–Trinajstić information content (AvgIpc) is 2.66. The van der Waals surface area contributed by atoms with Gasteiger partial charge in [-0.1, -0.05) is 36.4 Å². The zero-order valence-electron chi connectivity index (χ0n) is 13.7. The van der Waals surface area contributed by atoms with Gasteiger partial charge >= 0.3 is 5.97 Å². The van der Waals surface area contributed by atoms with Crippen LogP contribution in [-0.4, -0.2) is 19.2 Å². The molecule has 0 aliphatic heterocycles. The van der Waals surface area contributed by atoms with Gasteiger partial charge in [0, 0.05) is 11.1 Å². The summed E-state index contributed by atoms with van der Waals surface area (Å²) in [5, 5.41) is 1.01. The molecule has 3 rings (SSSR count). The zero-order chi connectivity index (χ0) is 18.5. The molecule has 0 N–H and O–H groups in total. The van der Waals surface area contributed by atoms with Gasteiger partial charge in [-0.2, -0.15) is 0 Å². The van der Waals surface area contributed by atoms with E-state index in [-0.39, 0.29) is 18.6 Å².